The third kappa shape index (κ3) is 4.36. The monoisotopic (exact) mass is 490 g/mol. The normalized spacial score (nSPS) is 11.8. The van der Waals surface area contributed by atoms with E-state index in [0.717, 1.165) is 28.1 Å². The summed E-state index contributed by atoms with van der Waals surface area (Å²) in [6.07, 6.45) is 0.858. The van der Waals surface area contributed by atoms with Crippen molar-refractivity contribution < 1.29 is 4.42 Å². The van der Waals surface area contributed by atoms with E-state index >= 15 is 0 Å². The van der Waals surface area contributed by atoms with Crippen LogP contribution in [0.25, 0.3) is 32.6 Å². The van der Waals surface area contributed by atoms with Crippen LogP contribution in [0.15, 0.2) is 79.8 Å². The molecule has 0 fully saturated rings. The van der Waals surface area contributed by atoms with Gasteiger partial charge in [-0.25, -0.2) is 9.78 Å². The van der Waals surface area contributed by atoms with E-state index in [4.69, 9.17) is 21.0 Å². The Morgan fingerprint density at radius 3 is 2.68 bits per heavy atom. The maximum atomic E-state index is 13.3. The molecule has 0 saturated carbocycles. The van der Waals surface area contributed by atoms with Crippen LogP contribution in [0.2, 0.25) is 5.02 Å². The quantitative estimate of drug-likeness (QED) is 0.115. The highest BCUT2D eigenvalue weighted by Crippen LogP contribution is 2.31. The molecule has 0 bridgehead atoms. The van der Waals surface area contributed by atoms with Crippen LogP contribution in [0, 0.1) is 5.92 Å². The Morgan fingerprint density at radius 1 is 1.03 bits per heavy atom. The topological polar surface area (TPSA) is 65.1 Å². The Kier molecular flexibility index (Phi) is 6.19. The van der Waals surface area contributed by atoms with Crippen LogP contribution in [0.4, 0.5) is 0 Å². The maximum absolute atomic E-state index is 13.3. The van der Waals surface area contributed by atoms with Crippen molar-refractivity contribution >= 4 is 56.0 Å². The highest BCUT2D eigenvalue weighted by Gasteiger charge is 2.15. The first-order valence-electron chi connectivity index (χ1n) is 11.2. The van der Waals surface area contributed by atoms with Gasteiger partial charge in [0.25, 0.3) is 5.56 Å². The molecule has 172 valence electrons. The van der Waals surface area contributed by atoms with Crippen LogP contribution < -0.4 is 11.2 Å². The van der Waals surface area contributed by atoms with Gasteiger partial charge >= 0.3 is 5.63 Å². The summed E-state index contributed by atoms with van der Waals surface area (Å²) in [5, 5.41) is 4.70. The number of halogens is 1. The van der Waals surface area contributed by atoms with E-state index in [0.29, 0.717) is 44.9 Å². The van der Waals surface area contributed by atoms with Crippen LogP contribution in [0.1, 0.15) is 25.8 Å². The summed E-state index contributed by atoms with van der Waals surface area (Å²) in [6.45, 7) is 4.84. The van der Waals surface area contributed by atoms with Gasteiger partial charge in [-0.05, 0) is 52.9 Å². The van der Waals surface area contributed by atoms with E-state index in [1.807, 2.05) is 36.4 Å². The predicted octanol–water partition coefficient (Wildman–Crippen LogP) is 6.65. The van der Waals surface area contributed by atoms with Crippen molar-refractivity contribution in [2.75, 3.05) is 0 Å². The molecule has 0 saturated heterocycles. The minimum absolute atomic E-state index is 0.0762. The average Bonchev–Trinajstić information content (AvgIpc) is 2.81. The Hall–Kier alpha value is -3.09. The summed E-state index contributed by atoms with van der Waals surface area (Å²) in [5.74, 6) is 0.913. The molecule has 0 aliphatic rings. The van der Waals surface area contributed by atoms with Crippen molar-refractivity contribution in [3.05, 3.63) is 92.0 Å². The van der Waals surface area contributed by atoms with Crippen molar-refractivity contribution in [3.63, 3.8) is 0 Å². The second kappa shape index (κ2) is 9.28. The molecule has 2 aromatic heterocycles. The number of hydrogen-bond acceptors (Lipinski definition) is 5. The van der Waals surface area contributed by atoms with Gasteiger partial charge in [0.05, 0.1) is 10.9 Å². The van der Waals surface area contributed by atoms with Crippen molar-refractivity contribution in [3.8, 4) is 0 Å². The molecule has 0 aliphatic heterocycles. The van der Waals surface area contributed by atoms with E-state index in [-0.39, 0.29) is 5.56 Å². The first-order valence-corrected chi connectivity index (χ1v) is 12.5. The maximum Gasteiger partial charge on any atom is 0.336 e. The lowest BCUT2D eigenvalue weighted by Crippen LogP contribution is -2.24. The van der Waals surface area contributed by atoms with Crippen LogP contribution in [0.5, 0.6) is 0 Å². The molecule has 0 spiro atoms. The molecule has 2 heterocycles. The van der Waals surface area contributed by atoms with Crippen molar-refractivity contribution in [2.45, 2.75) is 37.7 Å². The van der Waals surface area contributed by atoms with Gasteiger partial charge in [0.15, 0.2) is 5.16 Å². The highest BCUT2D eigenvalue weighted by molar-refractivity contribution is 7.98. The number of benzene rings is 3. The molecule has 5 aromatic rings. The molecule has 7 heteroatoms. The van der Waals surface area contributed by atoms with Gasteiger partial charge in [-0.3, -0.25) is 9.36 Å². The third-order valence-corrected chi connectivity index (χ3v) is 7.14. The summed E-state index contributed by atoms with van der Waals surface area (Å²) < 4.78 is 7.23. The molecule has 0 radical (unpaired) electrons. The Balaban J connectivity index is 1.62. The average molecular weight is 491 g/mol. The fourth-order valence-electron chi connectivity index (χ4n) is 4.14. The first-order chi connectivity index (χ1) is 16.4. The summed E-state index contributed by atoms with van der Waals surface area (Å²) in [7, 11) is 0. The molecular formula is C27H23ClN2O3S. The molecular weight excluding hydrogens is 468 g/mol. The summed E-state index contributed by atoms with van der Waals surface area (Å²) in [4.78, 5) is 30.4. The van der Waals surface area contributed by atoms with Gasteiger partial charge in [0.1, 0.15) is 5.58 Å². The zero-order valence-corrected chi connectivity index (χ0v) is 20.4. The van der Waals surface area contributed by atoms with E-state index < -0.39 is 5.63 Å². The van der Waals surface area contributed by atoms with E-state index in [9.17, 15) is 9.59 Å². The van der Waals surface area contributed by atoms with Crippen molar-refractivity contribution in [1.29, 1.82) is 0 Å². The second-order valence-electron chi connectivity index (χ2n) is 8.73. The standard InChI is InChI=1S/C27H23ClN2O3S/c1-16(2)11-12-30-26(32)21-9-8-19(28)14-22(21)29-27(30)34-15-18-13-24(31)33-23-10-7-17-5-3-4-6-20(17)25(18)23/h3-10,13-14,16H,11-12,15H2,1-2H3. The minimum Gasteiger partial charge on any atom is -0.423 e. The highest BCUT2D eigenvalue weighted by atomic mass is 35.5. The molecule has 5 rings (SSSR count). The second-order valence-corrected chi connectivity index (χ2v) is 10.1. The fraction of sp³-hybridized carbons (Fsp3) is 0.222. The first kappa shape index (κ1) is 22.7. The van der Waals surface area contributed by atoms with Gasteiger partial charge in [-0.15, -0.1) is 0 Å². The molecule has 34 heavy (non-hydrogen) atoms. The zero-order chi connectivity index (χ0) is 23.8. The fourth-order valence-corrected chi connectivity index (χ4v) is 5.32. The minimum atomic E-state index is -0.395. The third-order valence-electron chi connectivity index (χ3n) is 5.88. The lowest BCUT2D eigenvalue weighted by Gasteiger charge is -2.15. The number of rotatable bonds is 6. The molecule has 0 aliphatic carbocycles. The number of fused-ring (bicyclic) bond motifs is 4. The van der Waals surface area contributed by atoms with E-state index in [1.54, 1.807) is 22.8 Å². The van der Waals surface area contributed by atoms with Crippen LogP contribution in [0.3, 0.4) is 0 Å². The summed E-state index contributed by atoms with van der Waals surface area (Å²) in [6, 6.07) is 18.5. The Bertz CT molecular complexity index is 1660. The van der Waals surface area contributed by atoms with Crippen molar-refractivity contribution in [2.24, 2.45) is 5.92 Å². The molecule has 0 N–H and O–H groups in total. The van der Waals surface area contributed by atoms with E-state index in [1.165, 1.54) is 17.8 Å². The molecule has 0 atom stereocenters. The molecule has 3 aromatic carbocycles. The largest absolute Gasteiger partial charge is 0.423 e. The van der Waals surface area contributed by atoms with Crippen LogP contribution in [-0.2, 0) is 12.3 Å². The summed E-state index contributed by atoms with van der Waals surface area (Å²) in [5.41, 5.74) is 1.51. The predicted molar refractivity (Wildman–Crippen MR) is 140 cm³/mol. The van der Waals surface area contributed by atoms with Gasteiger partial charge in [-0.1, -0.05) is 67.5 Å². The smallest absolute Gasteiger partial charge is 0.336 e. The van der Waals surface area contributed by atoms with Gasteiger partial charge in [-0.2, -0.15) is 0 Å². The van der Waals surface area contributed by atoms with Crippen molar-refractivity contribution in [1.82, 2.24) is 9.55 Å². The number of hydrogen-bond donors (Lipinski definition) is 0. The number of thioether (sulfide) groups is 1. The zero-order valence-electron chi connectivity index (χ0n) is 18.9. The van der Waals surface area contributed by atoms with Gasteiger partial charge < -0.3 is 4.42 Å². The number of nitrogens with zero attached hydrogens (tertiary/aromatic N) is 2. The summed E-state index contributed by atoms with van der Waals surface area (Å²) >= 11 is 7.62. The van der Waals surface area contributed by atoms with Gasteiger partial charge in [0.2, 0.25) is 0 Å². The lowest BCUT2D eigenvalue weighted by atomic mass is 10.0. The molecule has 0 unspecified atom stereocenters. The van der Waals surface area contributed by atoms with Crippen LogP contribution in [-0.4, -0.2) is 9.55 Å². The number of aromatic nitrogens is 2. The van der Waals surface area contributed by atoms with Gasteiger partial charge in [0, 0.05) is 28.8 Å². The Labute approximate surface area is 205 Å². The SMILES string of the molecule is CC(C)CCn1c(SCc2cc(=O)oc3ccc4ccccc4c23)nc2cc(Cl)ccc2c1=O. The van der Waals surface area contributed by atoms with Crippen LogP contribution >= 0.6 is 23.4 Å². The lowest BCUT2D eigenvalue weighted by molar-refractivity contribution is 0.481. The molecule has 0 amide bonds. The Morgan fingerprint density at radius 2 is 1.85 bits per heavy atom. The van der Waals surface area contributed by atoms with E-state index in [2.05, 4.69) is 13.8 Å². The molecule has 5 nitrogen and oxygen atoms in total.